The van der Waals surface area contributed by atoms with Crippen molar-refractivity contribution in [2.45, 2.75) is 43.2 Å². The molecular weight excluding hydrogens is 214 g/mol. The van der Waals surface area contributed by atoms with Crippen molar-refractivity contribution in [3.63, 3.8) is 0 Å². The van der Waals surface area contributed by atoms with Gasteiger partial charge in [-0.25, -0.2) is 0 Å². The number of fused-ring (bicyclic) bond motifs is 1. The summed E-state index contributed by atoms with van der Waals surface area (Å²) in [6.45, 7) is 2.29. The molecule has 0 amide bonds. The van der Waals surface area contributed by atoms with Crippen LogP contribution in [0.2, 0.25) is 0 Å². The molecule has 16 heavy (non-hydrogen) atoms. The Hall–Kier alpha value is -0.470. The van der Waals surface area contributed by atoms with E-state index in [-0.39, 0.29) is 0 Å². The first kappa shape index (κ1) is 10.7. The minimum absolute atomic E-state index is 0.605. The van der Waals surface area contributed by atoms with Gasteiger partial charge in [-0.05, 0) is 30.4 Å². The molecule has 3 unspecified atom stereocenters. The number of benzene rings is 1. The van der Waals surface area contributed by atoms with Crippen molar-refractivity contribution in [2.24, 2.45) is 5.92 Å². The molecule has 1 aromatic carbocycles. The molecule has 1 aliphatic carbocycles. The van der Waals surface area contributed by atoms with E-state index in [1.165, 1.54) is 35.5 Å². The molecule has 1 heterocycles. The van der Waals surface area contributed by atoms with Crippen LogP contribution in [0.1, 0.15) is 37.8 Å². The number of nitrogens with one attached hydrogen (secondary N) is 1. The maximum atomic E-state index is 3.82. The highest BCUT2D eigenvalue weighted by atomic mass is 32.2. The Kier molecular flexibility index (Phi) is 2.95. The fraction of sp³-hybridized carbons (Fsp3) is 0.571. The third-order valence-electron chi connectivity index (χ3n) is 3.70. The third-order valence-corrected chi connectivity index (χ3v) is 4.88. The standard InChI is InChI=1S/C14H19NS/c1-2-5-10-8-12(10)15-13-9-16-14-7-4-3-6-11(13)14/h3-4,6-7,10,12-13,15H,2,5,8-9H2,1H3. The first-order valence-electron chi connectivity index (χ1n) is 6.36. The minimum Gasteiger partial charge on any atom is -0.306 e. The molecule has 1 aliphatic heterocycles. The van der Waals surface area contributed by atoms with Crippen LogP contribution in [0.5, 0.6) is 0 Å². The van der Waals surface area contributed by atoms with E-state index in [0.29, 0.717) is 6.04 Å². The van der Waals surface area contributed by atoms with E-state index in [0.717, 1.165) is 12.0 Å². The van der Waals surface area contributed by atoms with E-state index >= 15 is 0 Å². The lowest BCUT2D eigenvalue weighted by Crippen LogP contribution is -2.24. The van der Waals surface area contributed by atoms with E-state index in [1.54, 1.807) is 0 Å². The molecule has 1 N–H and O–H groups in total. The average molecular weight is 233 g/mol. The van der Waals surface area contributed by atoms with E-state index in [1.807, 2.05) is 11.8 Å². The second kappa shape index (κ2) is 4.42. The first-order valence-corrected chi connectivity index (χ1v) is 7.35. The Labute approximate surface area is 102 Å². The maximum absolute atomic E-state index is 3.82. The largest absolute Gasteiger partial charge is 0.306 e. The molecule has 0 spiro atoms. The van der Waals surface area contributed by atoms with Crippen molar-refractivity contribution in [3.8, 4) is 0 Å². The van der Waals surface area contributed by atoms with Gasteiger partial charge in [-0.1, -0.05) is 31.5 Å². The van der Waals surface area contributed by atoms with Crippen LogP contribution in [0, 0.1) is 5.92 Å². The number of hydrogen-bond acceptors (Lipinski definition) is 2. The van der Waals surface area contributed by atoms with E-state index in [9.17, 15) is 0 Å². The van der Waals surface area contributed by atoms with Gasteiger partial charge >= 0.3 is 0 Å². The Morgan fingerprint density at radius 2 is 2.25 bits per heavy atom. The van der Waals surface area contributed by atoms with Gasteiger partial charge in [-0.3, -0.25) is 0 Å². The molecule has 1 nitrogen and oxygen atoms in total. The summed E-state index contributed by atoms with van der Waals surface area (Å²) in [5.74, 6) is 2.18. The number of thioether (sulfide) groups is 1. The second-order valence-electron chi connectivity index (χ2n) is 4.96. The summed E-state index contributed by atoms with van der Waals surface area (Å²) in [5, 5.41) is 3.82. The lowest BCUT2D eigenvalue weighted by atomic mass is 10.1. The molecule has 2 aliphatic rings. The van der Waals surface area contributed by atoms with Crippen molar-refractivity contribution in [2.75, 3.05) is 5.75 Å². The van der Waals surface area contributed by atoms with Gasteiger partial charge in [-0.2, -0.15) is 0 Å². The lowest BCUT2D eigenvalue weighted by Gasteiger charge is -2.12. The summed E-state index contributed by atoms with van der Waals surface area (Å²) in [7, 11) is 0. The van der Waals surface area contributed by atoms with Crippen molar-refractivity contribution in [3.05, 3.63) is 29.8 Å². The average Bonchev–Trinajstić information content (AvgIpc) is 2.89. The van der Waals surface area contributed by atoms with Crippen LogP contribution in [-0.2, 0) is 0 Å². The molecule has 0 radical (unpaired) electrons. The van der Waals surface area contributed by atoms with Crippen molar-refractivity contribution in [1.82, 2.24) is 5.32 Å². The number of hydrogen-bond donors (Lipinski definition) is 1. The zero-order chi connectivity index (χ0) is 11.0. The van der Waals surface area contributed by atoms with Crippen LogP contribution < -0.4 is 5.32 Å². The van der Waals surface area contributed by atoms with Crippen molar-refractivity contribution >= 4 is 11.8 Å². The highest BCUT2D eigenvalue weighted by Crippen LogP contribution is 2.42. The molecule has 1 fully saturated rings. The molecule has 3 rings (SSSR count). The van der Waals surface area contributed by atoms with Gasteiger partial charge in [0.15, 0.2) is 0 Å². The van der Waals surface area contributed by atoms with Gasteiger partial charge in [0, 0.05) is 22.7 Å². The zero-order valence-electron chi connectivity index (χ0n) is 9.78. The molecule has 0 aromatic heterocycles. The quantitative estimate of drug-likeness (QED) is 0.852. The summed E-state index contributed by atoms with van der Waals surface area (Å²) in [5.41, 5.74) is 1.52. The van der Waals surface area contributed by atoms with Crippen LogP contribution in [-0.4, -0.2) is 11.8 Å². The fourth-order valence-corrected chi connectivity index (χ4v) is 3.87. The van der Waals surface area contributed by atoms with Gasteiger partial charge < -0.3 is 5.32 Å². The summed E-state index contributed by atoms with van der Waals surface area (Å²) in [4.78, 5) is 1.48. The van der Waals surface area contributed by atoms with E-state index in [4.69, 9.17) is 0 Å². The smallest absolute Gasteiger partial charge is 0.0428 e. The monoisotopic (exact) mass is 233 g/mol. The molecule has 1 aromatic rings. The third kappa shape index (κ3) is 2.01. The van der Waals surface area contributed by atoms with E-state index < -0.39 is 0 Å². The Morgan fingerprint density at radius 3 is 3.12 bits per heavy atom. The van der Waals surface area contributed by atoms with Gasteiger partial charge in [0.1, 0.15) is 0 Å². The molecule has 0 bridgehead atoms. The van der Waals surface area contributed by atoms with Gasteiger partial charge in [0.05, 0.1) is 0 Å². The van der Waals surface area contributed by atoms with Crippen molar-refractivity contribution < 1.29 is 0 Å². The van der Waals surface area contributed by atoms with Gasteiger partial charge in [0.2, 0.25) is 0 Å². The predicted octanol–water partition coefficient (Wildman–Crippen LogP) is 3.61. The second-order valence-corrected chi connectivity index (χ2v) is 6.02. The van der Waals surface area contributed by atoms with Crippen LogP contribution >= 0.6 is 11.8 Å². The van der Waals surface area contributed by atoms with Crippen molar-refractivity contribution in [1.29, 1.82) is 0 Å². The SMILES string of the molecule is CCCC1CC1NC1CSc2ccccc21. The highest BCUT2D eigenvalue weighted by molar-refractivity contribution is 7.99. The van der Waals surface area contributed by atoms with Crippen LogP contribution in [0.15, 0.2) is 29.2 Å². The van der Waals surface area contributed by atoms with Gasteiger partial charge in [0.25, 0.3) is 0 Å². The van der Waals surface area contributed by atoms with Crippen LogP contribution in [0.25, 0.3) is 0 Å². The maximum Gasteiger partial charge on any atom is 0.0428 e. The van der Waals surface area contributed by atoms with Gasteiger partial charge in [-0.15, -0.1) is 11.8 Å². The normalized spacial score (nSPS) is 31.4. The van der Waals surface area contributed by atoms with E-state index in [2.05, 4.69) is 36.5 Å². The molecule has 86 valence electrons. The first-order chi connectivity index (χ1) is 7.88. The van der Waals surface area contributed by atoms with Crippen LogP contribution in [0.4, 0.5) is 0 Å². The molecule has 0 saturated heterocycles. The molecule has 1 saturated carbocycles. The highest BCUT2D eigenvalue weighted by Gasteiger charge is 2.38. The predicted molar refractivity (Wildman–Crippen MR) is 69.8 cm³/mol. The molecular formula is C14H19NS. The Morgan fingerprint density at radius 1 is 1.38 bits per heavy atom. The summed E-state index contributed by atoms with van der Waals surface area (Å²) >= 11 is 2.00. The van der Waals surface area contributed by atoms with Crippen LogP contribution in [0.3, 0.4) is 0 Å². The summed E-state index contributed by atoms with van der Waals surface area (Å²) in [6, 6.07) is 10.2. The topological polar surface area (TPSA) is 12.0 Å². The fourth-order valence-electron chi connectivity index (χ4n) is 2.70. The molecule has 2 heteroatoms. The Balaban J connectivity index is 1.62. The number of rotatable bonds is 4. The Bertz CT molecular complexity index is 377. The zero-order valence-corrected chi connectivity index (χ0v) is 10.6. The minimum atomic E-state index is 0.605. The molecule has 3 atom stereocenters. The summed E-state index contributed by atoms with van der Waals surface area (Å²) in [6.07, 6.45) is 4.13. The lowest BCUT2D eigenvalue weighted by molar-refractivity contribution is 0.536. The summed E-state index contributed by atoms with van der Waals surface area (Å²) < 4.78 is 0.